The summed E-state index contributed by atoms with van der Waals surface area (Å²) in [6.45, 7) is 0. The molecule has 0 saturated carbocycles. The second kappa shape index (κ2) is 6.45. The van der Waals surface area contributed by atoms with Gasteiger partial charge < -0.3 is 9.84 Å². The Kier molecular flexibility index (Phi) is 4.19. The van der Waals surface area contributed by atoms with E-state index in [4.69, 9.17) is 0 Å². The molecule has 7 nitrogen and oxygen atoms in total. The Hall–Kier alpha value is -3.29. The monoisotopic (exact) mass is 328 g/mol. The molecule has 0 aliphatic heterocycles. The number of aromatic hydroxyl groups is 1. The van der Waals surface area contributed by atoms with Gasteiger partial charge in [0.15, 0.2) is 17.2 Å². The quantitative estimate of drug-likeness (QED) is 0.588. The molecule has 0 saturated heterocycles. The number of ether oxygens (including phenoxy) is 1. The molecule has 1 N–H and O–H groups in total. The minimum atomic E-state index is -0.500. The third kappa shape index (κ3) is 3.07. The number of azo groups is 1. The average molecular weight is 328 g/mol. The van der Waals surface area contributed by atoms with Crippen molar-refractivity contribution in [3.63, 3.8) is 0 Å². The Morgan fingerprint density at radius 3 is 2.92 bits per heavy atom. The zero-order valence-corrected chi connectivity index (χ0v) is 12.7. The average Bonchev–Trinajstić information content (AvgIpc) is 2.91. The standard InChI is InChI=1S/C16H13FN4O3/c1-24-14(23)9-12-15(20-19-11-5-2-4-10(17)8-11)21-7-3-6-13(22)16(21)18-12/h2-8,22H,9H2,1H3. The summed E-state index contributed by atoms with van der Waals surface area (Å²) in [7, 11) is 1.27. The molecule has 0 unspecified atom stereocenters. The normalized spacial score (nSPS) is 11.2. The number of benzene rings is 1. The highest BCUT2D eigenvalue weighted by atomic mass is 19.1. The second-order valence-corrected chi connectivity index (χ2v) is 4.90. The molecule has 0 radical (unpaired) electrons. The van der Waals surface area contributed by atoms with Crippen LogP contribution in [0, 0.1) is 5.82 Å². The minimum Gasteiger partial charge on any atom is -0.504 e. The van der Waals surface area contributed by atoms with Gasteiger partial charge in [-0.1, -0.05) is 6.07 Å². The van der Waals surface area contributed by atoms with Gasteiger partial charge in [-0.15, -0.1) is 10.2 Å². The molecule has 3 rings (SSSR count). The Bertz CT molecular complexity index is 936. The van der Waals surface area contributed by atoms with Crippen molar-refractivity contribution in [3.8, 4) is 5.75 Å². The van der Waals surface area contributed by atoms with Crippen LogP contribution in [-0.2, 0) is 16.0 Å². The molecule has 0 amide bonds. The predicted octanol–water partition coefficient (Wildman–Crippen LogP) is 3.31. The first-order chi connectivity index (χ1) is 11.6. The highest BCUT2D eigenvalue weighted by molar-refractivity contribution is 5.74. The van der Waals surface area contributed by atoms with E-state index in [2.05, 4.69) is 19.9 Å². The molecule has 8 heteroatoms. The second-order valence-electron chi connectivity index (χ2n) is 4.90. The molecule has 2 aromatic heterocycles. The molecule has 2 heterocycles. The number of esters is 1. The topological polar surface area (TPSA) is 88.5 Å². The summed E-state index contributed by atoms with van der Waals surface area (Å²) in [5.74, 6) is -0.733. The van der Waals surface area contributed by atoms with Gasteiger partial charge >= 0.3 is 5.97 Å². The summed E-state index contributed by atoms with van der Waals surface area (Å²) in [4.78, 5) is 15.8. The lowest BCUT2D eigenvalue weighted by atomic mass is 10.3. The molecule has 1 aromatic carbocycles. The van der Waals surface area contributed by atoms with Gasteiger partial charge in [-0.05, 0) is 24.3 Å². The number of carbonyl (C=O) groups is 1. The summed E-state index contributed by atoms with van der Waals surface area (Å²) in [6, 6.07) is 8.70. The van der Waals surface area contributed by atoms with Crippen molar-refractivity contribution in [2.45, 2.75) is 6.42 Å². The molecular formula is C16H13FN4O3. The fraction of sp³-hybridized carbons (Fsp3) is 0.125. The van der Waals surface area contributed by atoms with Crippen molar-refractivity contribution >= 4 is 23.1 Å². The number of nitrogens with zero attached hydrogens (tertiary/aromatic N) is 4. The summed E-state index contributed by atoms with van der Waals surface area (Å²) in [6.07, 6.45) is 1.50. The summed E-state index contributed by atoms with van der Waals surface area (Å²) in [5.41, 5.74) is 0.849. The molecule has 0 fully saturated rings. The molecule has 0 atom stereocenters. The van der Waals surface area contributed by atoms with Gasteiger partial charge in [0.1, 0.15) is 5.82 Å². The molecule has 0 bridgehead atoms. The van der Waals surface area contributed by atoms with E-state index in [0.717, 1.165) is 0 Å². The van der Waals surface area contributed by atoms with Crippen LogP contribution in [0.1, 0.15) is 5.69 Å². The number of imidazole rings is 1. The summed E-state index contributed by atoms with van der Waals surface area (Å²) >= 11 is 0. The van der Waals surface area contributed by atoms with Gasteiger partial charge in [0.05, 0.1) is 24.9 Å². The SMILES string of the molecule is COC(=O)Cc1nc2c(O)cccn2c1N=Nc1cccc(F)c1. The third-order valence-electron chi connectivity index (χ3n) is 3.28. The Morgan fingerprint density at radius 1 is 1.33 bits per heavy atom. The van der Waals surface area contributed by atoms with Crippen LogP contribution in [0.4, 0.5) is 15.9 Å². The van der Waals surface area contributed by atoms with Crippen LogP contribution >= 0.6 is 0 Å². The Morgan fingerprint density at radius 2 is 2.17 bits per heavy atom. The zero-order chi connectivity index (χ0) is 17.1. The van der Waals surface area contributed by atoms with Crippen LogP contribution in [0.15, 0.2) is 52.8 Å². The van der Waals surface area contributed by atoms with Crippen molar-refractivity contribution in [3.05, 3.63) is 54.1 Å². The number of fused-ring (bicyclic) bond motifs is 1. The van der Waals surface area contributed by atoms with Crippen molar-refractivity contribution in [2.75, 3.05) is 7.11 Å². The van der Waals surface area contributed by atoms with E-state index in [1.54, 1.807) is 18.3 Å². The number of rotatable bonds is 4. The molecule has 3 aromatic rings. The van der Waals surface area contributed by atoms with Gasteiger partial charge in [0.2, 0.25) is 0 Å². The maximum atomic E-state index is 13.2. The van der Waals surface area contributed by atoms with Crippen LogP contribution < -0.4 is 0 Å². The zero-order valence-electron chi connectivity index (χ0n) is 12.7. The van der Waals surface area contributed by atoms with E-state index >= 15 is 0 Å². The maximum absolute atomic E-state index is 13.2. The van der Waals surface area contributed by atoms with Gasteiger partial charge in [-0.25, -0.2) is 9.37 Å². The fourth-order valence-electron chi connectivity index (χ4n) is 2.16. The summed E-state index contributed by atoms with van der Waals surface area (Å²) < 4.78 is 19.4. The number of carbonyl (C=O) groups excluding carboxylic acids is 1. The van der Waals surface area contributed by atoms with Gasteiger partial charge in [-0.2, -0.15) is 0 Å². The number of halogens is 1. The van der Waals surface area contributed by atoms with E-state index in [9.17, 15) is 14.3 Å². The molecule has 122 valence electrons. The predicted molar refractivity (Wildman–Crippen MR) is 83.2 cm³/mol. The van der Waals surface area contributed by atoms with Gasteiger partial charge in [0.25, 0.3) is 0 Å². The molecule has 0 spiro atoms. The van der Waals surface area contributed by atoms with E-state index in [1.807, 2.05) is 0 Å². The summed E-state index contributed by atoms with van der Waals surface area (Å²) in [5, 5.41) is 17.9. The van der Waals surface area contributed by atoms with Crippen LogP contribution in [0.2, 0.25) is 0 Å². The lowest BCUT2D eigenvalue weighted by Crippen LogP contribution is -2.04. The van der Waals surface area contributed by atoms with Gasteiger partial charge in [0, 0.05) is 12.3 Å². The minimum absolute atomic E-state index is 0.0594. The molecule has 24 heavy (non-hydrogen) atoms. The Balaban J connectivity index is 2.08. The Labute approximate surface area is 136 Å². The van der Waals surface area contributed by atoms with Crippen molar-refractivity contribution in [2.24, 2.45) is 10.2 Å². The van der Waals surface area contributed by atoms with Crippen LogP contribution in [0.3, 0.4) is 0 Å². The van der Waals surface area contributed by atoms with E-state index in [-0.39, 0.29) is 23.6 Å². The lowest BCUT2D eigenvalue weighted by Gasteiger charge is -1.99. The van der Waals surface area contributed by atoms with Crippen LogP contribution in [-0.4, -0.2) is 27.6 Å². The fourth-order valence-corrected chi connectivity index (χ4v) is 2.16. The molecule has 0 aliphatic carbocycles. The number of hydrogen-bond donors (Lipinski definition) is 1. The highest BCUT2D eigenvalue weighted by Crippen LogP contribution is 2.28. The number of pyridine rings is 1. The largest absolute Gasteiger partial charge is 0.504 e. The molecular weight excluding hydrogens is 315 g/mol. The first-order valence-electron chi connectivity index (χ1n) is 7.01. The maximum Gasteiger partial charge on any atom is 0.311 e. The highest BCUT2D eigenvalue weighted by Gasteiger charge is 2.17. The number of hydrogen-bond acceptors (Lipinski definition) is 6. The first kappa shape index (κ1) is 15.6. The van der Waals surface area contributed by atoms with E-state index in [1.165, 1.54) is 35.8 Å². The van der Waals surface area contributed by atoms with Crippen molar-refractivity contribution in [1.82, 2.24) is 9.38 Å². The van der Waals surface area contributed by atoms with Crippen molar-refractivity contribution in [1.29, 1.82) is 0 Å². The van der Waals surface area contributed by atoms with Crippen LogP contribution in [0.25, 0.3) is 5.65 Å². The molecule has 0 aliphatic rings. The lowest BCUT2D eigenvalue weighted by molar-refractivity contribution is -0.139. The van der Waals surface area contributed by atoms with Crippen molar-refractivity contribution < 1.29 is 19.0 Å². The third-order valence-corrected chi connectivity index (χ3v) is 3.28. The van der Waals surface area contributed by atoms with Gasteiger partial charge in [-0.3, -0.25) is 9.20 Å². The van der Waals surface area contributed by atoms with E-state index < -0.39 is 11.8 Å². The number of methoxy groups -OCH3 is 1. The first-order valence-corrected chi connectivity index (χ1v) is 7.01. The van der Waals surface area contributed by atoms with Crippen LogP contribution in [0.5, 0.6) is 5.75 Å². The van der Waals surface area contributed by atoms with E-state index in [0.29, 0.717) is 11.4 Å². The number of aromatic nitrogens is 2. The smallest absolute Gasteiger partial charge is 0.311 e.